The normalized spacial score (nSPS) is 10.3. The summed E-state index contributed by atoms with van der Waals surface area (Å²) < 4.78 is 9.77. The van der Waals surface area contributed by atoms with Gasteiger partial charge in [-0.05, 0) is 33.6 Å². The number of benzene rings is 1. The molecule has 1 aromatic rings. The molecule has 0 bridgehead atoms. The molecule has 0 saturated heterocycles. The topological polar surface area (TPSA) is 80.2 Å². The second kappa shape index (κ2) is 6.09. The molecule has 1 aromatic carbocycles. The number of phenolic OH excluding ortho intramolecular Hbond substituents is 1. The lowest BCUT2D eigenvalue weighted by Gasteiger charge is -2.06. The van der Waals surface area contributed by atoms with Crippen LogP contribution in [0.4, 0.5) is 4.79 Å². The van der Waals surface area contributed by atoms with Crippen molar-refractivity contribution in [3.8, 4) is 11.5 Å². The number of carbonyl (C=O) groups is 1. The van der Waals surface area contributed by atoms with E-state index in [4.69, 9.17) is 4.74 Å². The zero-order chi connectivity index (χ0) is 12.8. The Morgan fingerprint density at radius 1 is 1.53 bits per heavy atom. The van der Waals surface area contributed by atoms with Gasteiger partial charge in [-0.3, -0.25) is 0 Å². The zero-order valence-corrected chi connectivity index (χ0v) is 10.8. The Labute approximate surface area is 106 Å². The second-order valence-electron chi connectivity index (χ2n) is 2.92. The monoisotopic (exact) mass is 302 g/mol. The van der Waals surface area contributed by atoms with Crippen molar-refractivity contribution >= 4 is 28.2 Å². The van der Waals surface area contributed by atoms with Crippen molar-refractivity contribution in [3.05, 3.63) is 22.2 Å². The number of nitrogens with zero attached hydrogens (tertiary/aromatic N) is 1. The molecular weight excluding hydrogens is 292 g/mol. The van der Waals surface area contributed by atoms with Gasteiger partial charge in [0, 0.05) is 0 Å². The summed E-state index contributed by atoms with van der Waals surface area (Å²) in [5, 5.41) is 13.2. The minimum Gasteiger partial charge on any atom is -0.503 e. The van der Waals surface area contributed by atoms with Crippen LogP contribution in [0.2, 0.25) is 0 Å². The van der Waals surface area contributed by atoms with Crippen LogP contribution in [0, 0.1) is 0 Å². The van der Waals surface area contributed by atoms with E-state index in [0.717, 1.165) is 0 Å². The maximum absolute atomic E-state index is 10.7. The van der Waals surface area contributed by atoms with Gasteiger partial charge in [0.1, 0.15) is 0 Å². The molecule has 0 spiro atoms. The molecule has 0 atom stereocenters. The molecule has 0 aliphatic carbocycles. The molecule has 0 unspecified atom stereocenters. The van der Waals surface area contributed by atoms with E-state index in [2.05, 4.69) is 31.2 Å². The fourth-order valence-corrected chi connectivity index (χ4v) is 1.49. The number of halogens is 1. The molecule has 0 saturated carbocycles. The summed E-state index contributed by atoms with van der Waals surface area (Å²) in [6.07, 6.45) is 0.731. The molecule has 0 heterocycles. The van der Waals surface area contributed by atoms with Crippen LogP contribution in [0.3, 0.4) is 0 Å². The predicted octanol–water partition coefficient (Wildman–Crippen LogP) is 1.85. The van der Waals surface area contributed by atoms with Crippen molar-refractivity contribution in [3.63, 3.8) is 0 Å². The van der Waals surface area contributed by atoms with E-state index in [-0.39, 0.29) is 5.75 Å². The molecule has 1 rings (SSSR count). The molecular formula is C10H11BrN2O4. The van der Waals surface area contributed by atoms with Crippen LogP contribution in [0.25, 0.3) is 0 Å². The fraction of sp³-hybridized carbons (Fsp3) is 0.200. The molecule has 7 heteroatoms. The van der Waals surface area contributed by atoms with Crippen LogP contribution in [-0.2, 0) is 4.74 Å². The Hall–Kier alpha value is -1.76. The van der Waals surface area contributed by atoms with Gasteiger partial charge >= 0.3 is 6.09 Å². The average molecular weight is 303 g/mol. The quantitative estimate of drug-likeness (QED) is 0.659. The van der Waals surface area contributed by atoms with E-state index in [1.54, 1.807) is 12.1 Å². The van der Waals surface area contributed by atoms with Gasteiger partial charge in [0.2, 0.25) is 0 Å². The third-order valence-corrected chi connectivity index (χ3v) is 2.43. The standard InChI is InChI=1S/C10H11BrN2O4/c1-16-8-4-6(3-7(11)9(8)14)5-12-13-10(15)17-2/h3-5,14H,1-2H3,(H,13,15)/b12-5+. The number of amides is 1. The van der Waals surface area contributed by atoms with E-state index in [9.17, 15) is 9.90 Å². The number of hydrogen-bond acceptors (Lipinski definition) is 5. The van der Waals surface area contributed by atoms with Gasteiger partial charge in [0.15, 0.2) is 11.5 Å². The van der Waals surface area contributed by atoms with Crippen molar-refractivity contribution < 1.29 is 19.4 Å². The van der Waals surface area contributed by atoms with Gasteiger partial charge in [-0.2, -0.15) is 5.10 Å². The smallest absolute Gasteiger partial charge is 0.427 e. The summed E-state index contributed by atoms with van der Waals surface area (Å²) in [5.41, 5.74) is 2.78. The molecule has 0 aromatic heterocycles. The fourth-order valence-electron chi connectivity index (χ4n) is 1.03. The molecule has 17 heavy (non-hydrogen) atoms. The van der Waals surface area contributed by atoms with E-state index < -0.39 is 6.09 Å². The number of aromatic hydroxyl groups is 1. The Bertz CT molecular complexity index is 448. The first-order valence-electron chi connectivity index (χ1n) is 4.52. The van der Waals surface area contributed by atoms with E-state index in [1.165, 1.54) is 20.4 Å². The van der Waals surface area contributed by atoms with Crippen molar-refractivity contribution in [1.82, 2.24) is 5.43 Å². The summed E-state index contributed by atoms with van der Waals surface area (Å²) in [4.78, 5) is 10.7. The molecule has 6 nitrogen and oxygen atoms in total. The lowest BCUT2D eigenvalue weighted by atomic mass is 10.2. The zero-order valence-electron chi connectivity index (χ0n) is 9.23. The molecule has 1 amide bonds. The van der Waals surface area contributed by atoms with Gasteiger partial charge in [-0.25, -0.2) is 10.2 Å². The molecule has 0 aliphatic heterocycles. The maximum Gasteiger partial charge on any atom is 0.427 e. The number of nitrogens with one attached hydrogen (secondary N) is 1. The number of carbonyl (C=O) groups excluding carboxylic acids is 1. The Morgan fingerprint density at radius 3 is 2.82 bits per heavy atom. The van der Waals surface area contributed by atoms with Gasteiger partial charge in [-0.15, -0.1) is 0 Å². The highest BCUT2D eigenvalue weighted by Gasteiger charge is 2.07. The highest BCUT2D eigenvalue weighted by molar-refractivity contribution is 9.10. The Morgan fingerprint density at radius 2 is 2.24 bits per heavy atom. The van der Waals surface area contributed by atoms with Gasteiger partial charge in [0.05, 0.1) is 24.9 Å². The first kappa shape index (κ1) is 13.3. The number of hydrogen-bond donors (Lipinski definition) is 2. The highest BCUT2D eigenvalue weighted by Crippen LogP contribution is 2.34. The maximum atomic E-state index is 10.7. The first-order valence-corrected chi connectivity index (χ1v) is 5.31. The largest absolute Gasteiger partial charge is 0.503 e. The SMILES string of the molecule is COC(=O)N/N=C/c1cc(Br)c(O)c(OC)c1. The summed E-state index contributed by atoms with van der Waals surface area (Å²) in [6, 6.07) is 3.20. The Kier molecular flexibility index (Phi) is 4.77. The average Bonchev–Trinajstić information content (AvgIpc) is 2.33. The van der Waals surface area contributed by atoms with Crippen molar-refractivity contribution in [2.75, 3.05) is 14.2 Å². The lowest BCUT2D eigenvalue weighted by molar-refractivity contribution is 0.171. The third-order valence-electron chi connectivity index (χ3n) is 1.83. The van der Waals surface area contributed by atoms with Crippen LogP contribution in [0.5, 0.6) is 11.5 Å². The molecule has 0 fully saturated rings. The number of ether oxygens (including phenoxy) is 2. The number of methoxy groups -OCH3 is 2. The van der Waals surface area contributed by atoms with E-state index >= 15 is 0 Å². The van der Waals surface area contributed by atoms with Crippen LogP contribution >= 0.6 is 15.9 Å². The second-order valence-corrected chi connectivity index (χ2v) is 3.77. The lowest BCUT2D eigenvalue weighted by Crippen LogP contribution is -2.16. The molecule has 92 valence electrons. The van der Waals surface area contributed by atoms with Crippen LogP contribution < -0.4 is 10.2 Å². The predicted molar refractivity (Wildman–Crippen MR) is 65.5 cm³/mol. The minimum absolute atomic E-state index is 0.00516. The van der Waals surface area contributed by atoms with Gasteiger partial charge in [-0.1, -0.05) is 0 Å². The van der Waals surface area contributed by atoms with Crippen LogP contribution in [0.1, 0.15) is 5.56 Å². The van der Waals surface area contributed by atoms with Crippen molar-refractivity contribution in [2.24, 2.45) is 5.10 Å². The third kappa shape index (κ3) is 3.63. The summed E-state index contributed by atoms with van der Waals surface area (Å²) in [7, 11) is 2.68. The van der Waals surface area contributed by atoms with E-state index in [0.29, 0.717) is 15.8 Å². The summed E-state index contributed by atoms with van der Waals surface area (Å²) in [6.45, 7) is 0. The Balaban J connectivity index is 2.85. The van der Waals surface area contributed by atoms with E-state index in [1.807, 2.05) is 0 Å². The van der Waals surface area contributed by atoms with Crippen molar-refractivity contribution in [1.29, 1.82) is 0 Å². The molecule has 2 N–H and O–H groups in total. The number of hydrazone groups is 1. The number of rotatable bonds is 3. The van der Waals surface area contributed by atoms with Crippen LogP contribution in [-0.4, -0.2) is 31.6 Å². The summed E-state index contributed by atoms with van der Waals surface area (Å²) >= 11 is 3.17. The minimum atomic E-state index is -0.661. The molecule has 0 radical (unpaired) electrons. The molecule has 0 aliphatic rings. The summed E-state index contributed by atoms with van der Waals surface area (Å²) in [5.74, 6) is 0.310. The van der Waals surface area contributed by atoms with Crippen molar-refractivity contribution in [2.45, 2.75) is 0 Å². The number of phenols is 1. The van der Waals surface area contributed by atoms with Crippen LogP contribution in [0.15, 0.2) is 21.7 Å². The highest BCUT2D eigenvalue weighted by atomic mass is 79.9. The van der Waals surface area contributed by atoms with Gasteiger partial charge < -0.3 is 14.6 Å². The first-order chi connectivity index (χ1) is 8.08. The van der Waals surface area contributed by atoms with Gasteiger partial charge in [0.25, 0.3) is 0 Å².